The number of carbonyl (C=O) groups excluding carboxylic acids is 1. The van der Waals surface area contributed by atoms with Crippen molar-refractivity contribution in [3.05, 3.63) is 18.1 Å². The fourth-order valence-electron chi connectivity index (χ4n) is 0.745. The van der Waals surface area contributed by atoms with Crippen molar-refractivity contribution in [2.45, 2.75) is 0 Å². The molecule has 0 radical (unpaired) electrons. The Hall–Kier alpha value is -1.85. The number of amides is 1. The summed E-state index contributed by atoms with van der Waals surface area (Å²) in [6, 6.07) is 1.03. The summed E-state index contributed by atoms with van der Waals surface area (Å²) >= 11 is 0. The SMILES string of the molecule is COc1nccc(F)c1OC(N)=O. The Morgan fingerprint density at radius 2 is 2.38 bits per heavy atom. The molecule has 0 aliphatic carbocycles. The van der Waals surface area contributed by atoms with E-state index < -0.39 is 17.7 Å². The van der Waals surface area contributed by atoms with Crippen LogP contribution in [0.5, 0.6) is 11.6 Å². The first-order valence-corrected chi connectivity index (χ1v) is 3.31. The average molecular weight is 186 g/mol. The van der Waals surface area contributed by atoms with E-state index in [-0.39, 0.29) is 5.88 Å². The summed E-state index contributed by atoms with van der Waals surface area (Å²) in [5.74, 6) is -1.29. The van der Waals surface area contributed by atoms with Crippen LogP contribution in [-0.2, 0) is 0 Å². The second-order valence-electron chi connectivity index (χ2n) is 2.05. The fraction of sp³-hybridized carbons (Fsp3) is 0.143. The first-order chi connectivity index (χ1) is 6.15. The lowest BCUT2D eigenvalue weighted by atomic mass is 10.4. The van der Waals surface area contributed by atoms with E-state index in [0.29, 0.717) is 0 Å². The third-order valence-corrected chi connectivity index (χ3v) is 1.22. The highest BCUT2D eigenvalue weighted by Gasteiger charge is 2.13. The number of nitrogens with two attached hydrogens (primary N) is 1. The molecular formula is C7H7FN2O3. The first kappa shape index (κ1) is 9.24. The maximum Gasteiger partial charge on any atom is 0.410 e. The summed E-state index contributed by atoms with van der Waals surface area (Å²) in [5, 5.41) is 0. The molecule has 0 aliphatic rings. The number of aromatic nitrogens is 1. The van der Waals surface area contributed by atoms with Crippen LogP contribution in [-0.4, -0.2) is 18.2 Å². The van der Waals surface area contributed by atoms with Gasteiger partial charge in [-0.2, -0.15) is 0 Å². The van der Waals surface area contributed by atoms with Gasteiger partial charge in [-0.25, -0.2) is 14.2 Å². The van der Waals surface area contributed by atoms with Gasteiger partial charge in [-0.15, -0.1) is 0 Å². The van der Waals surface area contributed by atoms with Crippen LogP contribution < -0.4 is 15.2 Å². The monoisotopic (exact) mass is 186 g/mol. The van der Waals surface area contributed by atoms with E-state index in [9.17, 15) is 9.18 Å². The van der Waals surface area contributed by atoms with Crippen LogP contribution in [0.2, 0.25) is 0 Å². The molecule has 0 aromatic carbocycles. The zero-order valence-corrected chi connectivity index (χ0v) is 6.78. The number of halogens is 1. The van der Waals surface area contributed by atoms with Gasteiger partial charge in [0, 0.05) is 6.20 Å². The molecule has 0 aliphatic heterocycles. The van der Waals surface area contributed by atoms with E-state index in [0.717, 1.165) is 6.07 Å². The molecule has 70 valence electrons. The van der Waals surface area contributed by atoms with Gasteiger partial charge in [0.05, 0.1) is 7.11 Å². The van der Waals surface area contributed by atoms with E-state index >= 15 is 0 Å². The minimum Gasteiger partial charge on any atom is -0.478 e. The molecule has 0 saturated heterocycles. The molecule has 1 aromatic rings. The number of primary amides is 1. The van der Waals surface area contributed by atoms with E-state index in [4.69, 9.17) is 5.73 Å². The van der Waals surface area contributed by atoms with E-state index in [2.05, 4.69) is 14.5 Å². The summed E-state index contributed by atoms with van der Waals surface area (Å²) in [7, 11) is 1.27. The van der Waals surface area contributed by atoms with Crippen LogP contribution in [0.1, 0.15) is 0 Å². The summed E-state index contributed by atoms with van der Waals surface area (Å²) in [6.07, 6.45) is 0.0624. The largest absolute Gasteiger partial charge is 0.478 e. The van der Waals surface area contributed by atoms with E-state index in [1.54, 1.807) is 0 Å². The number of nitrogens with zero attached hydrogens (tertiary/aromatic N) is 1. The Balaban J connectivity index is 3.07. The normalized spacial score (nSPS) is 9.38. The zero-order chi connectivity index (χ0) is 9.84. The Labute approximate surface area is 73.3 Å². The predicted octanol–water partition coefficient (Wildman–Crippen LogP) is 0.687. The summed E-state index contributed by atoms with van der Waals surface area (Å²) in [6.45, 7) is 0. The Morgan fingerprint density at radius 3 is 2.92 bits per heavy atom. The lowest BCUT2D eigenvalue weighted by Crippen LogP contribution is -2.17. The van der Waals surface area contributed by atoms with Gasteiger partial charge < -0.3 is 15.2 Å². The van der Waals surface area contributed by atoms with Crippen molar-refractivity contribution in [2.75, 3.05) is 7.11 Å². The van der Waals surface area contributed by atoms with Crippen LogP contribution in [0.15, 0.2) is 12.3 Å². The third-order valence-electron chi connectivity index (χ3n) is 1.22. The first-order valence-electron chi connectivity index (χ1n) is 3.31. The molecule has 5 nitrogen and oxygen atoms in total. The number of hydrogen-bond donors (Lipinski definition) is 1. The van der Waals surface area contributed by atoms with Crippen LogP contribution in [0, 0.1) is 5.82 Å². The van der Waals surface area contributed by atoms with E-state index in [1.807, 2.05) is 0 Å². The Kier molecular flexibility index (Phi) is 2.63. The number of methoxy groups -OCH3 is 1. The highest BCUT2D eigenvalue weighted by molar-refractivity contribution is 5.68. The molecular weight excluding hydrogens is 179 g/mol. The lowest BCUT2D eigenvalue weighted by Gasteiger charge is -2.05. The van der Waals surface area contributed by atoms with Gasteiger partial charge in [0.25, 0.3) is 5.88 Å². The van der Waals surface area contributed by atoms with Gasteiger partial charge in [-0.1, -0.05) is 0 Å². The van der Waals surface area contributed by atoms with Gasteiger partial charge in [-0.3, -0.25) is 0 Å². The maximum atomic E-state index is 12.9. The van der Waals surface area contributed by atoms with Crippen LogP contribution in [0.25, 0.3) is 0 Å². The molecule has 0 bridgehead atoms. The number of pyridine rings is 1. The molecule has 0 spiro atoms. The smallest absolute Gasteiger partial charge is 0.410 e. The summed E-state index contributed by atoms with van der Waals surface area (Å²) < 4.78 is 21.9. The van der Waals surface area contributed by atoms with Crippen LogP contribution in [0.3, 0.4) is 0 Å². The standard InChI is InChI=1S/C7H7FN2O3/c1-12-6-5(13-7(9)11)4(8)2-3-10-6/h2-3H,1H3,(H2,9,11). The van der Waals surface area contributed by atoms with Crippen molar-refractivity contribution in [1.82, 2.24) is 4.98 Å². The molecule has 1 amide bonds. The Morgan fingerprint density at radius 1 is 1.69 bits per heavy atom. The van der Waals surface area contributed by atoms with Crippen molar-refractivity contribution >= 4 is 6.09 Å². The summed E-state index contributed by atoms with van der Waals surface area (Å²) in [5.41, 5.74) is 4.71. The molecule has 1 rings (SSSR count). The second-order valence-corrected chi connectivity index (χ2v) is 2.05. The second kappa shape index (κ2) is 3.70. The summed E-state index contributed by atoms with van der Waals surface area (Å²) in [4.78, 5) is 14.0. The van der Waals surface area contributed by atoms with E-state index in [1.165, 1.54) is 13.3 Å². The highest BCUT2D eigenvalue weighted by Crippen LogP contribution is 2.26. The third kappa shape index (κ3) is 2.05. The molecule has 1 aromatic heterocycles. The van der Waals surface area contributed by atoms with Crippen LogP contribution >= 0.6 is 0 Å². The van der Waals surface area contributed by atoms with Gasteiger partial charge in [-0.05, 0) is 6.07 Å². The van der Waals surface area contributed by atoms with Gasteiger partial charge in [0.2, 0.25) is 5.75 Å². The topological polar surface area (TPSA) is 74.4 Å². The fourth-order valence-corrected chi connectivity index (χ4v) is 0.745. The quantitative estimate of drug-likeness (QED) is 0.737. The maximum absolute atomic E-state index is 12.9. The molecule has 2 N–H and O–H groups in total. The predicted molar refractivity (Wildman–Crippen MR) is 41.0 cm³/mol. The molecule has 1 heterocycles. The molecule has 0 fully saturated rings. The molecule has 6 heteroatoms. The van der Waals surface area contributed by atoms with Crippen molar-refractivity contribution in [3.63, 3.8) is 0 Å². The van der Waals surface area contributed by atoms with Crippen molar-refractivity contribution in [1.29, 1.82) is 0 Å². The van der Waals surface area contributed by atoms with Crippen molar-refractivity contribution in [2.24, 2.45) is 5.73 Å². The minimum absolute atomic E-state index is 0.126. The number of carbonyl (C=O) groups is 1. The Bertz CT molecular complexity index is 330. The van der Waals surface area contributed by atoms with Crippen molar-refractivity contribution < 1.29 is 18.7 Å². The minimum atomic E-state index is -1.12. The van der Waals surface area contributed by atoms with Gasteiger partial charge >= 0.3 is 6.09 Å². The molecule has 0 unspecified atom stereocenters. The van der Waals surface area contributed by atoms with Gasteiger partial charge in [0.15, 0.2) is 5.82 Å². The average Bonchev–Trinajstić information content (AvgIpc) is 2.08. The molecule has 0 atom stereocenters. The highest BCUT2D eigenvalue weighted by atomic mass is 19.1. The molecule has 0 saturated carbocycles. The zero-order valence-electron chi connectivity index (χ0n) is 6.78. The number of ether oxygens (including phenoxy) is 2. The van der Waals surface area contributed by atoms with Crippen LogP contribution in [0.4, 0.5) is 9.18 Å². The lowest BCUT2D eigenvalue weighted by molar-refractivity contribution is 0.205. The molecule has 13 heavy (non-hydrogen) atoms. The number of hydrogen-bond acceptors (Lipinski definition) is 4. The van der Waals surface area contributed by atoms with Crippen molar-refractivity contribution in [3.8, 4) is 11.6 Å². The van der Waals surface area contributed by atoms with Gasteiger partial charge in [0.1, 0.15) is 0 Å². The number of rotatable bonds is 2.